The molecule has 1 nitrogen and oxygen atoms in total. The molecule has 1 saturated heterocycles. The lowest BCUT2D eigenvalue weighted by atomic mass is 9.99. The third kappa shape index (κ3) is 2.69. The first-order valence-corrected chi connectivity index (χ1v) is 7.66. The summed E-state index contributed by atoms with van der Waals surface area (Å²) in [4.78, 5) is 4.19. The number of nitrogens with zero attached hydrogens (tertiary/aromatic N) is 1. The molecule has 2 aliphatic rings. The van der Waals surface area contributed by atoms with Gasteiger partial charge in [-0.05, 0) is 49.9 Å². The molecule has 1 unspecified atom stereocenters. The van der Waals surface area contributed by atoms with Gasteiger partial charge in [0.15, 0.2) is 0 Å². The Hall–Kier alpha value is -0.470. The van der Waals surface area contributed by atoms with E-state index in [-0.39, 0.29) is 0 Å². The molecule has 1 atom stereocenters. The molecule has 2 heteroatoms. The van der Waals surface area contributed by atoms with Gasteiger partial charge in [-0.25, -0.2) is 0 Å². The number of hydrogen-bond donors (Lipinski definition) is 0. The third-order valence-corrected chi connectivity index (χ3v) is 5.35. The van der Waals surface area contributed by atoms with Crippen molar-refractivity contribution in [3.63, 3.8) is 0 Å². The minimum atomic E-state index is 0.792. The molecule has 1 aromatic carbocycles. The standard InChI is InChI=1S/C15H21NS/c1-12-6-8-16(9-7-12)11-14-10-13-4-2-3-5-15(13)17-14/h2-5,12,14H,6-11H2,1H3. The van der Waals surface area contributed by atoms with E-state index in [1.807, 2.05) is 0 Å². The van der Waals surface area contributed by atoms with Crippen molar-refractivity contribution in [2.24, 2.45) is 5.92 Å². The summed E-state index contributed by atoms with van der Waals surface area (Å²) >= 11 is 2.09. The molecule has 0 spiro atoms. The van der Waals surface area contributed by atoms with Crippen molar-refractivity contribution < 1.29 is 0 Å². The minimum absolute atomic E-state index is 0.792. The van der Waals surface area contributed by atoms with E-state index in [2.05, 4.69) is 47.9 Å². The second kappa shape index (κ2) is 5.03. The Bertz CT molecular complexity index is 357. The molecule has 1 aromatic rings. The van der Waals surface area contributed by atoms with Crippen LogP contribution >= 0.6 is 11.8 Å². The van der Waals surface area contributed by atoms with E-state index in [1.54, 1.807) is 5.56 Å². The predicted molar refractivity (Wildman–Crippen MR) is 74.6 cm³/mol. The van der Waals surface area contributed by atoms with Gasteiger partial charge in [0.1, 0.15) is 0 Å². The Kier molecular flexibility index (Phi) is 3.44. The van der Waals surface area contributed by atoms with Crippen molar-refractivity contribution in [1.82, 2.24) is 4.90 Å². The maximum Gasteiger partial charge on any atom is 0.0263 e. The first kappa shape index (κ1) is 11.6. The summed E-state index contributed by atoms with van der Waals surface area (Å²) in [6.07, 6.45) is 4.06. The van der Waals surface area contributed by atoms with Gasteiger partial charge in [0.05, 0.1) is 0 Å². The molecule has 1 fully saturated rings. The number of rotatable bonds is 2. The van der Waals surface area contributed by atoms with Gasteiger partial charge in [0.25, 0.3) is 0 Å². The van der Waals surface area contributed by atoms with Crippen LogP contribution in [0.15, 0.2) is 29.2 Å². The Balaban J connectivity index is 1.55. The largest absolute Gasteiger partial charge is 0.302 e. The highest BCUT2D eigenvalue weighted by molar-refractivity contribution is 8.00. The van der Waals surface area contributed by atoms with Crippen LogP contribution in [0.1, 0.15) is 25.3 Å². The molecule has 92 valence electrons. The number of fused-ring (bicyclic) bond motifs is 1. The normalized spacial score (nSPS) is 26.1. The topological polar surface area (TPSA) is 3.24 Å². The summed E-state index contributed by atoms with van der Waals surface area (Å²) in [6.45, 7) is 6.30. The molecule has 0 N–H and O–H groups in total. The molecular weight excluding hydrogens is 226 g/mol. The Morgan fingerprint density at radius 1 is 1.24 bits per heavy atom. The molecule has 2 heterocycles. The number of benzene rings is 1. The Morgan fingerprint density at radius 3 is 2.76 bits per heavy atom. The van der Waals surface area contributed by atoms with E-state index in [0.717, 1.165) is 11.2 Å². The van der Waals surface area contributed by atoms with E-state index >= 15 is 0 Å². The van der Waals surface area contributed by atoms with Crippen molar-refractivity contribution in [2.45, 2.75) is 36.3 Å². The maximum atomic E-state index is 2.67. The quantitative estimate of drug-likeness (QED) is 0.787. The lowest BCUT2D eigenvalue weighted by Gasteiger charge is -2.31. The van der Waals surface area contributed by atoms with Gasteiger partial charge in [-0.15, -0.1) is 11.8 Å². The fourth-order valence-corrected chi connectivity index (χ4v) is 4.26. The molecule has 0 bridgehead atoms. The van der Waals surface area contributed by atoms with E-state index < -0.39 is 0 Å². The molecule has 0 aromatic heterocycles. The zero-order valence-electron chi connectivity index (χ0n) is 10.6. The highest BCUT2D eigenvalue weighted by Gasteiger charge is 2.25. The monoisotopic (exact) mass is 247 g/mol. The van der Waals surface area contributed by atoms with Gasteiger partial charge in [0.2, 0.25) is 0 Å². The molecule has 0 saturated carbocycles. The highest BCUT2D eigenvalue weighted by Crippen LogP contribution is 2.37. The van der Waals surface area contributed by atoms with Crippen LogP contribution in [-0.4, -0.2) is 29.8 Å². The van der Waals surface area contributed by atoms with Gasteiger partial charge in [-0.2, -0.15) is 0 Å². The van der Waals surface area contributed by atoms with Crippen LogP contribution < -0.4 is 0 Å². The smallest absolute Gasteiger partial charge is 0.0263 e. The van der Waals surface area contributed by atoms with Gasteiger partial charge in [-0.3, -0.25) is 0 Å². The number of likely N-dealkylation sites (tertiary alicyclic amines) is 1. The summed E-state index contributed by atoms with van der Waals surface area (Å²) in [5.74, 6) is 0.944. The van der Waals surface area contributed by atoms with Gasteiger partial charge in [-0.1, -0.05) is 25.1 Å². The first-order chi connectivity index (χ1) is 8.31. The summed E-state index contributed by atoms with van der Waals surface area (Å²) in [6, 6.07) is 8.90. The fourth-order valence-electron chi connectivity index (χ4n) is 2.89. The van der Waals surface area contributed by atoms with E-state index in [4.69, 9.17) is 0 Å². The third-order valence-electron chi connectivity index (χ3n) is 4.05. The maximum absolute atomic E-state index is 2.67. The first-order valence-electron chi connectivity index (χ1n) is 6.78. The van der Waals surface area contributed by atoms with Gasteiger partial charge >= 0.3 is 0 Å². The number of hydrogen-bond acceptors (Lipinski definition) is 2. The number of piperidine rings is 1. The molecule has 0 radical (unpaired) electrons. The van der Waals surface area contributed by atoms with Crippen LogP contribution in [0.2, 0.25) is 0 Å². The van der Waals surface area contributed by atoms with Crippen molar-refractivity contribution >= 4 is 11.8 Å². The Morgan fingerprint density at radius 2 is 2.00 bits per heavy atom. The summed E-state index contributed by atoms with van der Waals surface area (Å²) in [5, 5.41) is 0.792. The summed E-state index contributed by atoms with van der Waals surface area (Å²) in [5.41, 5.74) is 1.56. The molecule has 3 rings (SSSR count). The average Bonchev–Trinajstić information content (AvgIpc) is 2.74. The van der Waals surface area contributed by atoms with Crippen molar-refractivity contribution in [3.05, 3.63) is 29.8 Å². The second-order valence-corrected chi connectivity index (χ2v) is 6.88. The lowest BCUT2D eigenvalue weighted by molar-refractivity contribution is 0.193. The van der Waals surface area contributed by atoms with E-state index in [1.165, 1.54) is 43.8 Å². The van der Waals surface area contributed by atoms with Crippen LogP contribution in [0, 0.1) is 5.92 Å². The molecule has 0 aliphatic carbocycles. The fraction of sp³-hybridized carbons (Fsp3) is 0.600. The molecule has 0 amide bonds. The SMILES string of the molecule is CC1CCN(CC2Cc3ccccc3S2)CC1. The van der Waals surface area contributed by atoms with Crippen LogP contribution in [0.25, 0.3) is 0 Å². The Labute approximate surface area is 109 Å². The van der Waals surface area contributed by atoms with Crippen molar-refractivity contribution in [3.8, 4) is 0 Å². The average molecular weight is 247 g/mol. The van der Waals surface area contributed by atoms with Crippen LogP contribution in [-0.2, 0) is 6.42 Å². The summed E-state index contributed by atoms with van der Waals surface area (Å²) < 4.78 is 0. The van der Waals surface area contributed by atoms with E-state index in [0.29, 0.717) is 0 Å². The van der Waals surface area contributed by atoms with Gasteiger partial charge in [0, 0.05) is 16.7 Å². The lowest BCUT2D eigenvalue weighted by Crippen LogP contribution is -2.37. The zero-order chi connectivity index (χ0) is 11.7. The predicted octanol–water partition coefficient (Wildman–Crippen LogP) is 3.44. The minimum Gasteiger partial charge on any atom is -0.302 e. The second-order valence-electron chi connectivity index (χ2n) is 5.53. The number of thioether (sulfide) groups is 1. The van der Waals surface area contributed by atoms with Crippen LogP contribution in [0.5, 0.6) is 0 Å². The van der Waals surface area contributed by atoms with E-state index in [9.17, 15) is 0 Å². The zero-order valence-corrected chi connectivity index (χ0v) is 11.4. The molecule has 17 heavy (non-hydrogen) atoms. The van der Waals surface area contributed by atoms with Crippen LogP contribution in [0.4, 0.5) is 0 Å². The molecule has 2 aliphatic heterocycles. The van der Waals surface area contributed by atoms with Gasteiger partial charge < -0.3 is 4.90 Å². The highest BCUT2D eigenvalue weighted by atomic mass is 32.2. The van der Waals surface area contributed by atoms with Crippen molar-refractivity contribution in [2.75, 3.05) is 19.6 Å². The van der Waals surface area contributed by atoms with Crippen LogP contribution in [0.3, 0.4) is 0 Å². The summed E-state index contributed by atoms with van der Waals surface area (Å²) in [7, 11) is 0. The van der Waals surface area contributed by atoms with Crippen molar-refractivity contribution in [1.29, 1.82) is 0 Å². The molecular formula is C15H21NS.